The van der Waals surface area contributed by atoms with Crippen molar-refractivity contribution in [1.82, 2.24) is 14.7 Å². The van der Waals surface area contributed by atoms with E-state index in [0.717, 1.165) is 37.9 Å². The fraction of sp³-hybridized carbons (Fsp3) is 0.765. The third kappa shape index (κ3) is 2.89. The Morgan fingerprint density at radius 3 is 2.88 bits per heavy atom. The van der Waals surface area contributed by atoms with Gasteiger partial charge in [-0.05, 0) is 44.9 Å². The molecule has 1 aromatic rings. The van der Waals surface area contributed by atoms with E-state index >= 15 is 0 Å². The monoisotopic (exact) mass is 338 g/mol. The standard InChI is InChI=1S/C17H24F2N4O/c1-10-7-15-20-13(8-14(16(18)19)23(15)21-10)12-3-2-6-22(9-12)17(24)11-4-5-11/h7,11-14,16,20H,2-6,8-9H2,1H3/t12-,13+,14-/m1/s1. The highest BCUT2D eigenvalue weighted by atomic mass is 19.3. The van der Waals surface area contributed by atoms with Crippen LogP contribution in [0.4, 0.5) is 14.6 Å². The number of alkyl halides is 2. The third-order valence-corrected chi connectivity index (χ3v) is 5.56. The Morgan fingerprint density at radius 1 is 1.38 bits per heavy atom. The Bertz CT molecular complexity index is 628. The van der Waals surface area contributed by atoms with Gasteiger partial charge in [0.2, 0.25) is 5.91 Å². The number of likely N-dealkylation sites (tertiary alicyclic amines) is 1. The first-order valence-electron chi connectivity index (χ1n) is 8.92. The van der Waals surface area contributed by atoms with E-state index in [-0.39, 0.29) is 23.8 Å². The molecule has 1 amide bonds. The SMILES string of the molecule is Cc1cc2n(n1)[C@@H](C(F)F)C[C@@H]([C@@H]1CCCN(C(=O)C3CC3)C1)N2. The van der Waals surface area contributed by atoms with Crippen LogP contribution >= 0.6 is 0 Å². The Hall–Kier alpha value is -1.66. The normalized spacial score (nSPS) is 30.2. The number of hydrogen-bond acceptors (Lipinski definition) is 3. The predicted octanol–water partition coefficient (Wildman–Crippen LogP) is 2.83. The van der Waals surface area contributed by atoms with Gasteiger partial charge in [-0.3, -0.25) is 4.79 Å². The number of carbonyl (C=O) groups excluding carboxylic acids is 1. The molecule has 2 aliphatic heterocycles. The summed E-state index contributed by atoms with van der Waals surface area (Å²) < 4.78 is 28.5. The summed E-state index contributed by atoms with van der Waals surface area (Å²) in [5.41, 5.74) is 0.748. The van der Waals surface area contributed by atoms with Crippen molar-refractivity contribution >= 4 is 11.7 Å². The number of halogens is 2. The number of nitrogens with one attached hydrogen (secondary N) is 1. The first-order chi connectivity index (χ1) is 11.5. The highest BCUT2D eigenvalue weighted by molar-refractivity contribution is 5.81. The summed E-state index contributed by atoms with van der Waals surface area (Å²) in [6.45, 7) is 3.32. The summed E-state index contributed by atoms with van der Waals surface area (Å²) in [6, 6.07) is 0.925. The molecule has 3 atom stereocenters. The van der Waals surface area contributed by atoms with Crippen molar-refractivity contribution in [1.29, 1.82) is 0 Å². The molecular weight excluding hydrogens is 314 g/mol. The fourth-order valence-electron chi connectivity index (χ4n) is 4.13. The molecule has 1 N–H and O–H groups in total. The zero-order valence-corrected chi connectivity index (χ0v) is 13.9. The Kier molecular flexibility index (Phi) is 3.96. The van der Waals surface area contributed by atoms with E-state index in [1.54, 1.807) is 0 Å². The van der Waals surface area contributed by atoms with Crippen LogP contribution < -0.4 is 5.32 Å². The van der Waals surface area contributed by atoms with Crippen LogP contribution in [0, 0.1) is 18.8 Å². The number of aromatic nitrogens is 2. The quantitative estimate of drug-likeness (QED) is 0.922. The molecule has 5 nitrogen and oxygen atoms in total. The molecule has 0 aromatic carbocycles. The lowest BCUT2D eigenvalue weighted by atomic mass is 9.86. The van der Waals surface area contributed by atoms with Gasteiger partial charge in [0.05, 0.1) is 5.69 Å². The average molecular weight is 338 g/mol. The number of fused-ring (bicyclic) bond motifs is 1. The van der Waals surface area contributed by atoms with Crippen molar-refractivity contribution in [3.63, 3.8) is 0 Å². The molecule has 3 heterocycles. The van der Waals surface area contributed by atoms with Gasteiger partial charge in [0.25, 0.3) is 6.43 Å². The maximum atomic E-state index is 13.5. The molecule has 4 rings (SSSR count). The van der Waals surface area contributed by atoms with E-state index in [0.29, 0.717) is 18.8 Å². The van der Waals surface area contributed by atoms with Crippen molar-refractivity contribution in [3.8, 4) is 0 Å². The highest BCUT2D eigenvalue weighted by Crippen LogP contribution is 2.38. The van der Waals surface area contributed by atoms with Gasteiger partial charge in [-0.25, -0.2) is 13.5 Å². The number of anilines is 1. The minimum Gasteiger partial charge on any atom is -0.367 e. The second-order valence-corrected chi connectivity index (χ2v) is 7.46. The summed E-state index contributed by atoms with van der Waals surface area (Å²) in [5.74, 6) is 1.40. The molecule has 7 heteroatoms. The molecule has 3 aliphatic rings. The number of carbonyl (C=O) groups is 1. The van der Waals surface area contributed by atoms with Gasteiger partial charge in [0.1, 0.15) is 11.9 Å². The van der Waals surface area contributed by atoms with Crippen LogP contribution in [0.3, 0.4) is 0 Å². The highest BCUT2D eigenvalue weighted by Gasteiger charge is 2.40. The van der Waals surface area contributed by atoms with Gasteiger partial charge in [-0.2, -0.15) is 5.10 Å². The van der Waals surface area contributed by atoms with Crippen LogP contribution in [-0.4, -0.2) is 46.1 Å². The van der Waals surface area contributed by atoms with Crippen LogP contribution in [0.5, 0.6) is 0 Å². The molecular formula is C17H24F2N4O. The minimum atomic E-state index is -2.43. The third-order valence-electron chi connectivity index (χ3n) is 5.56. The maximum absolute atomic E-state index is 13.5. The molecule has 132 valence electrons. The number of nitrogens with zero attached hydrogens (tertiary/aromatic N) is 3. The summed E-state index contributed by atoms with van der Waals surface area (Å²) in [7, 11) is 0. The Balaban J connectivity index is 1.50. The van der Waals surface area contributed by atoms with E-state index in [1.165, 1.54) is 4.68 Å². The number of piperidine rings is 1. The van der Waals surface area contributed by atoms with Gasteiger partial charge < -0.3 is 10.2 Å². The zero-order valence-electron chi connectivity index (χ0n) is 13.9. The molecule has 0 unspecified atom stereocenters. The van der Waals surface area contributed by atoms with Crippen LogP contribution in [-0.2, 0) is 4.79 Å². The molecule has 1 aliphatic carbocycles. The van der Waals surface area contributed by atoms with E-state index in [9.17, 15) is 13.6 Å². The number of hydrogen-bond donors (Lipinski definition) is 1. The van der Waals surface area contributed by atoms with Gasteiger partial charge in [-0.15, -0.1) is 0 Å². The van der Waals surface area contributed by atoms with E-state index in [1.807, 2.05) is 17.9 Å². The number of aryl methyl sites for hydroxylation is 1. The van der Waals surface area contributed by atoms with Crippen molar-refractivity contribution in [2.45, 2.75) is 57.5 Å². The molecule has 1 aromatic heterocycles. The first-order valence-corrected chi connectivity index (χ1v) is 8.92. The fourth-order valence-corrected chi connectivity index (χ4v) is 4.13. The Morgan fingerprint density at radius 2 is 2.17 bits per heavy atom. The average Bonchev–Trinajstić information content (AvgIpc) is 3.34. The molecule has 0 radical (unpaired) electrons. The lowest BCUT2D eigenvalue weighted by Gasteiger charge is -2.41. The van der Waals surface area contributed by atoms with Crippen molar-refractivity contribution < 1.29 is 13.6 Å². The van der Waals surface area contributed by atoms with Gasteiger partial charge in [-0.1, -0.05) is 0 Å². The summed E-state index contributed by atoms with van der Waals surface area (Å²) in [4.78, 5) is 14.3. The molecule has 0 spiro atoms. The van der Waals surface area contributed by atoms with Crippen LogP contribution in [0.2, 0.25) is 0 Å². The topological polar surface area (TPSA) is 50.2 Å². The summed E-state index contributed by atoms with van der Waals surface area (Å²) in [5, 5.41) is 7.62. The second-order valence-electron chi connectivity index (χ2n) is 7.46. The smallest absolute Gasteiger partial charge is 0.260 e. The molecule has 24 heavy (non-hydrogen) atoms. The Labute approximate surface area is 140 Å². The van der Waals surface area contributed by atoms with Crippen LogP contribution in [0.15, 0.2) is 6.07 Å². The van der Waals surface area contributed by atoms with Crippen LogP contribution in [0.1, 0.15) is 43.8 Å². The van der Waals surface area contributed by atoms with Crippen molar-refractivity contribution in [2.75, 3.05) is 18.4 Å². The molecule has 1 saturated carbocycles. The largest absolute Gasteiger partial charge is 0.367 e. The molecule has 0 bridgehead atoms. The van der Waals surface area contributed by atoms with Crippen LogP contribution in [0.25, 0.3) is 0 Å². The van der Waals surface area contributed by atoms with Crippen molar-refractivity contribution in [3.05, 3.63) is 11.8 Å². The summed E-state index contributed by atoms with van der Waals surface area (Å²) >= 11 is 0. The second kappa shape index (κ2) is 6.01. The molecule has 1 saturated heterocycles. The van der Waals surface area contributed by atoms with E-state index < -0.39 is 12.5 Å². The lowest BCUT2D eigenvalue weighted by Crippen LogP contribution is -2.48. The number of rotatable bonds is 3. The minimum absolute atomic E-state index is 0.0256. The first kappa shape index (κ1) is 15.8. The van der Waals surface area contributed by atoms with Crippen molar-refractivity contribution in [2.24, 2.45) is 11.8 Å². The van der Waals surface area contributed by atoms with E-state index in [2.05, 4.69) is 10.4 Å². The van der Waals surface area contributed by atoms with Gasteiger partial charge in [0.15, 0.2) is 0 Å². The maximum Gasteiger partial charge on any atom is 0.260 e. The summed E-state index contributed by atoms with van der Waals surface area (Å²) in [6.07, 6.45) is 1.89. The lowest BCUT2D eigenvalue weighted by molar-refractivity contribution is -0.134. The molecule has 2 fully saturated rings. The van der Waals surface area contributed by atoms with E-state index in [4.69, 9.17) is 0 Å². The van der Waals surface area contributed by atoms with Gasteiger partial charge in [0, 0.05) is 31.1 Å². The van der Waals surface area contributed by atoms with Gasteiger partial charge >= 0.3 is 0 Å². The number of amides is 1. The zero-order chi connectivity index (χ0) is 16.8. The predicted molar refractivity (Wildman–Crippen MR) is 86.1 cm³/mol.